The van der Waals surface area contributed by atoms with Crippen LogP contribution in [-0.2, 0) is 81.3 Å². The van der Waals surface area contributed by atoms with Crippen molar-refractivity contribution < 1.29 is 156 Å². The van der Waals surface area contributed by atoms with E-state index >= 15 is 0 Å². The third kappa shape index (κ3) is 12.2. The third-order valence-electron chi connectivity index (χ3n) is 19.1. The van der Waals surface area contributed by atoms with Crippen LogP contribution in [0.25, 0.3) is 0 Å². The van der Waals surface area contributed by atoms with Crippen molar-refractivity contribution in [2.45, 2.75) is 275 Å². The standard InChI is InChI=1S/C52H78O21S2.2Na/c1-9-10-13-48(4,54)47-27(3)18-36-35(68-47)24-43-52(8,71-36)46(53)45-39(67-43)22-38-44(69-45)26(2)11-14-50(6)41(66-38)25-40-51(7,73-50)15-12-28-29(65-40)19-31-30(62-28)20-32-33(63-31)21-37-34(64-32)23-42(72-75(58,59)60)49(5,70-37)16-17-61-74(55,56)57;;/h9-10,13,26,28-47,53-54H,1,3,11-12,14-25H2,2,4-8H3,(H,55,56,57)(H,58,59,60);;/q;2*+1/p-2/b13-10+;;/t26-,28-,29?,30+,31?,32-,33?,34+,35?,36-,37?,38?,39?,40?,41?,42-,43?,44+,45+,46?,47-,48+,49?,50-,51+,52-;;/m0../s1. The molecule has 0 aromatic heterocycles. The van der Waals surface area contributed by atoms with E-state index in [1.54, 1.807) is 25.2 Å². The smallest absolute Gasteiger partial charge is 0.726 e. The summed E-state index contributed by atoms with van der Waals surface area (Å²) in [4.78, 5) is 0. The molecule has 11 rings (SSSR count). The molecule has 0 aliphatic carbocycles. The number of hydrogen-bond donors (Lipinski definition) is 2. The van der Waals surface area contributed by atoms with Crippen LogP contribution in [0.1, 0.15) is 125 Å². The van der Waals surface area contributed by atoms with E-state index in [0.717, 1.165) is 12.8 Å². The Morgan fingerprint density at radius 1 is 0.675 bits per heavy atom. The third-order valence-corrected chi connectivity index (χ3v) is 20.1. The maximum atomic E-state index is 12.3. The summed E-state index contributed by atoms with van der Waals surface area (Å²) in [5, 5.41) is 23.6. The molecule has 11 fully saturated rings. The van der Waals surface area contributed by atoms with E-state index in [1.807, 2.05) is 6.92 Å². The van der Waals surface area contributed by atoms with Gasteiger partial charge in [0.1, 0.15) is 35.6 Å². The van der Waals surface area contributed by atoms with E-state index in [-0.39, 0.29) is 133 Å². The summed E-state index contributed by atoms with van der Waals surface area (Å²) in [5.41, 5.74) is -4.52. The molecule has 26 atom stereocenters. The number of fused-ring (bicyclic) bond motifs is 10. The van der Waals surface area contributed by atoms with Gasteiger partial charge in [0.25, 0.3) is 0 Å². The maximum absolute atomic E-state index is 12.3. The zero-order valence-corrected chi connectivity index (χ0v) is 51.3. The van der Waals surface area contributed by atoms with Crippen LogP contribution in [0.3, 0.4) is 0 Å². The number of allylic oxidation sites excluding steroid dienone is 2. The Kier molecular flexibility index (Phi) is 18.3. The van der Waals surface area contributed by atoms with E-state index in [2.05, 4.69) is 38.1 Å². The molecule has 25 heteroatoms. The molecule has 424 valence electrons. The molecule has 11 aliphatic rings. The van der Waals surface area contributed by atoms with Gasteiger partial charge < -0.3 is 71.4 Å². The fourth-order valence-electron chi connectivity index (χ4n) is 15.0. The minimum absolute atomic E-state index is 0. The molecular formula is C52H76Na2O21S2. The monoisotopic (exact) mass is 1150 g/mol. The zero-order valence-electron chi connectivity index (χ0n) is 45.6. The van der Waals surface area contributed by atoms with Gasteiger partial charge in [0.05, 0.1) is 121 Å². The fraction of sp³-hybridized carbons (Fsp3) is 0.885. The van der Waals surface area contributed by atoms with Crippen LogP contribution < -0.4 is 59.1 Å². The fourth-order valence-corrected chi connectivity index (χ4v) is 15.9. The first-order chi connectivity index (χ1) is 35.1. The second-order valence-corrected chi connectivity index (χ2v) is 26.7. The number of hydrogen-bond acceptors (Lipinski definition) is 21. The molecule has 11 saturated heterocycles. The second kappa shape index (κ2) is 22.7. The van der Waals surface area contributed by atoms with Crippen LogP contribution in [0, 0.1) is 5.92 Å². The summed E-state index contributed by atoms with van der Waals surface area (Å²) >= 11 is 0. The minimum Gasteiger partial charge on any atom is -0.726 e. The molecule has 11 heterocycles. The van der Waals surface area contributed by atoms with Crippen molar-refractivity contribution in [3.05, 3.63) is 37.0 Å². The summed E-state index contributed by atoms with van der Waals surface area (Å²) < 4.78 is 154. The topological polar surface area (TPSA) is 275 Å². The van der Waals surface area contributed by atoms with Gasteiger partial charge in [-0.1, -0.05) is 38.3 Å². The van der Waals surface area contributed by atoms with E-state index in [9.17, 15) is 36.2 Å². The molecule has 11 aliphatic heterocycles. The predicted molar refractivity (Wildman–Crippen MR) is 258 cm³/mol. The molecule has 0 spiro atoms. The Morgan fingerprint density at radius 3 is 1.86 bits per heavy atom. The van der Waals surface area contributed by atoms with Gasteiger partial charge in [-0.2, -0.15) is 0 Å². The van der Waals surface area contributed by atoms with Gasteiger partial charge in [-0.05, 0) is 78.2 Å². The first kappa shape index (κ1) is 62.0. The molecule has 0 radical (unpaired) electrons. The number of rotatable bonds is 9. The van der Waals surface area contributed by atoms with Crippen molar-refractivity contribution in [1.82, 2.24) is 0 Å². The van der Waals surface area contributed by atoms with Crippen molar-refractivity contribution in [1.29, 1.82) is 0 Å². The normalized spacial score (nSPS) is 51.2. The summed E-state index contributed by atoms with van der Waals surface area (Å²) in [6.45, 7) is 18.9. The second-order valence-electron chi connectivity index (χ2n) is 24.6. The van der Waals surface area contributed by atoms with E-state index in [1.165, 1.54) is 6.92 Å². The van der Waals surface area contributed by atoms with Gasteiger partial charge in [-0.3, -0.25) is 8.37 Å². The van der Waals surface area contributed by atoms with Crippen molar-refractivity contribution in [2.24, 2.45) is 5.92 Å². The average Bonchev–Trinajstić information content (AvgIpc) is 3.47. The van der Waals surface area contributed by atoms with Crippen LogP contribution in [0.2, 0.25) is 0 Å². The molecule has 0 aromatic rings. The molecule has 12 unspecified atom stereocenters. The Morgan fingerprint density at radius 2 is 1.22 bits per heavy atom. The number of ether oxygens (including phenoxy) is 11. The summed E-state index contributed by atoms with van der Waals surface area (Å²) in [7, 11) is -10.3. The molecule has 0 saturated carbocycles. The van der Waals surface area contributed by atoms with Crippen LogP contribution >= 0.6 is 0 Å². The Hall–Kier alpha value is 0.440. The summed E-state index contributed by atoms with van der Waals surface area (Å²) in [6, 6.07) is 0. The molecule has 0 aromatic carbocycles. The van der Waals surface area contributed by atoms with Gasteiger partial charge in [-0.15, -0.1) is 0 Å². The van der Waals surface area contributed by atoms with E-state index in [0.29, 0.717) is 63.4 Å². The van der Waals surface area contributed by atoms with Crippen molar-refractivity contribution in [3.63, 3.8) is 0 Å². The average molecular weight is 1150 g/mol. The van der Waals surface area contributed by atoms with Crippen molar-refractivity contribution in [3.8, 4) is 0 Å². The van der Waals surface area contributed by atoms with Crippen molar-refractivity contribution in [2.75, 3.05) is 6.61 Å². The maximum Gasteiger partial charge on any atom is 1.00 e. The van der Waals surface area contributed by atoms with Gasteiger partial charge in [0.2, 0.25) is 20.8 Å². The molecular weight excluding hydrogens is 1070 g/mol. The molecule has 2 N–H and O–H groups in total. The first-order valence-electron chi connectivity index (χ1n) is 27.1. The first-order valence-corrected chi connectivity index (χ1v) is 29.7. The van der Waals surface area contributed by atoms with Crippen LogP contribution in [0.15, 0.2) is 37.0 Å². The minimum atomic E-state index is -5.21. The van der Waals surface area contributed by atoms with Crippen LogP contribution in [0.5, 0.6) is 0 Å². The molecule has 0 bridgehead atoms. The quantitative estimate of drug-likeness (QED) is 0.0790. The van der Waals surface area contributed by atoms with Crippen LogP contribution in [0.4, 0.5) is 0 Å². The molecule has 77 heavy (non-hydrogen) atoms. The van der Waals surface area contributed by atoms with Gasteiger partial charge >= 0.3 is 59.1 Å². The van der Waals surface area contributed by atoms with E-state index < -0.39 is 123 Å². The van der Waals surface area contributed by atoms with Gasteiger partial charge in [0, 0.05) is 51.4 Å². The van der Waals surface area contributed by atoms with Gasteiger partial charge in [-0.25, -0.2) is 16.8 Å². The largest absolute Gasteiger partial charge is 1.00 e. The Balaban J connectivity index is 0.00000361. The zero-order chi connectivity index (χ0) is 53.4. The predicted octanol–water partition coefficient (Wildman–Crippen LogP) is -2.56. The van der Waals surface area contributed by atoms with Gasteiger partial charge in [0.15, 0.2) is 0 Å². The SMILES string of the molecule is C=C/C=C/[C@@](C)(O)[C@H]1OC2CC3OC4CC5OC6CC7OC8CC9OC%10CC%11OC(C)(CCOS(=O)(=O)[O-])[C@@H](OS(=O)(=O)[O-])C[C@H]%11O[C@H]%10C[C@H]9O[C@H]8CC[C@@]7(C)O[C@@]6(C)CC[C@H](C)[C@H]5O[C@H]4C(O)[C@@]3(C)O[C@H]2CC1=C.[Na+].[Na+]. The number of aliphatic hydroxyl groups excluding tert-OH is 1. The van der Waals surface area contributed by atoms with Crippen molar-refractivity contribution >= 4 is 20.8 Å². The Labute approximate surface area is 497 Å². The summed E-state index contributed by atoms with van der Waals surface area (Å²) in [5.74, 6) is 0.0685. The molecule has 21 nitrogen and oxygen atoms in total. The number of aliphatic hydroxyl groups is 2. The summed E-state index contributed by atoms with van der Waals surface area (Å²) in [6.07, 6.45) is 0.557. The van der Waals surface area contributed by atoms with E-state index in [4.69, 9.17) is 56.3 Å². The molecule has 0 amide bonds. The van der Waals surface area contributed by atoms with Crippen LogP contribution in [-0.4, -0.2) is 193 Å². The Bertz CT molecular complexity index is 2440.